The normalized spacial score (nSPS) is 14.1. The highest BCUT2D eigenvalue weighted by atomic mass is 31.2. The molecule has 0 spiro atoms. The number of nitrogens with one attached hydrogen (secondary N) is 1. The summed E-state index contributed by atoms with van der Waals surface area (Å²) < 4.78 is 30.4. The highest BCUT2D eigenvalue weighted by Crippen LogP contribution is 2.38. The Bertz CT molecular complexity index is 1660. The number of amides is 1. The molecule has 0 heterocycles. The molecule has 0 saturated heterocycles. The van der Waals surface area contributed by atoms with Crippen LogP contribution >= 0.6 is 7.82 Å². The Balaban J connectivity index is 5.22. The minimum Gasteiger partial charge on any atom is -0.756 e. The fraction of sp³-hybridized carbons (Fsp3) is 0.775. The van der Waals surface area contributed by atoms with E-state index in [-0.39, 0.29) is 24.9 Å². The summed E-state index contributed by atoms with van der Waals surface area (Å²) in [6, 6.07) is -0.906. The van der Waals surface area contributed by atoms with Gasteiger partial charge in [-0.15, -0.1) is 0 Å². The monoisotopic (exact) mass is 1150 g/mol. The number of nitrogens with zero attached hydrogens (tertiary/aromatic N) is 1. The zero-order chi connectivity index (χ0) is 59.3. The van der Waals surface area contributed by atoms with Crippen LogP contribution in [-0.2, 0) is 27.9 Å². The maximum absolute atomic E-state index is 13.6. The fourth-order valence-electron chi connectivity index (χ4n) is 9.54. The summed E-state index contributed by atoms with van der Waals surface area (Å²) in [5.74, 6) is -0.573. The lowest BCUT2D eigenvalue weighted by atomic mass is 10.0. The van der Waals surface area contributed by atoms with Gasteiger partial charge in [-0.3, -0.25) is 14.2 Å². The third kappa shape index (κ3) is 61.6. The van der Waals surface area contributed by atoms with E-state index in [1.54, 1.807) is 0 Å². The SMILES string of the molecule is CCCCC/C=C\C/C=C\C/C=C\C/C=C\CCCCCC(=O)OC(/C=C\CCCCCCCCCCCCC)C(COP(=O)([O-])OCC[N+](C)(C)C)NC(=O)CCCCCCCCCCCCCCC/C=C\C/C=C\CCCCC. The van der Waals surface area contributed by atoms with Crippen molar-refractivity contribution in [1.82, 2.24) is 5.32 Å². The molecule has 0 radical (unpaired) electrons. The van der Waals surface area contributed by atoms with Gasteiger partial charge in [0.15, 0.2) is 0 Å². The van der Waals surface area contributed by atoms with Crippen LogP contribution in [0.2, 0.25) is 0 Å². The number of quaternary nitrogens is 1. The minimum absolute atomic E-state index is 0.0302. The highest BCUT2D eigenvalue weighted by Gasteiger charge is 2.27. The van der Waals surface area contributed by atoms with E-state index in [1.165, 1.54) is 180 Å². The number of ether oxygens (including phenoxy) is 1. The van der Waals surface area contributed by atoms with Crippen LogP contribution in [0.15, 0.2) is 85.1 Å². The van der Waals surface area contributed by atoms with Crippen LogP contribution in [0.4, 0.5) is 0 Å². The molecule has 0 bridgehead atoms. The molecule has 0 rings (SSSR count). The first kappa shape index (κ1) is 78.2. The number of hydrogen-bond acceptors (Lipinski definition) is 7. The number of carbonyl (C=O) groups is 2. The number of rotatable bonds is 61. The van der Waals surface area contributed by atoms with Gasteiger partial charge in [0, 0.05) is 12.8 Å². The molecule has 0 aromatic carbocycles. The summed E-state index contributed by atoms with van der Waals surface area (Å²) in [6.45, 7) is 6.79. The average molecular weight is 1150 g/mol. The van der Waals surface area contributed by atoms with Crippen LogP contribution in [0, 0.1) is 0 Å². The van der Waals surface area contributed by atoms with Gasteiger partial charge in [0.05, 0.1) is 33.8 Å². The number of esters is 1. The number of phosphoric ester groups is 1. The molecular formula is C71H129N2O7P. The summed E-state index contributed by atoms with van der Waals surface area (Å²) in [5.41, 5.74) is 0. The van der Waals surface area contributed by atoms with Crippen molar-refractivity contribution in [1.29, 1.82) is 0 Å². The Morgan fingerprint density at radius 1 is 0.432 bits per heavy atom. The molecule has 10 heteroatoms. The maximum Gasteiger partial charge on any atom is 0.306 e. The Kier molecular flexibility index (Phi) is 58.2. The molecule has 3 unspecified atom stereocenters. The van der Waals surface area contributed by atoms with Crippen molar-refractivity contribution in [3.63, 3.8) is 0 Å². The van der Waals surface area contributed by atoms with Crippen molar-refractivity contribution < 1.29 is 37.3 Å². The predicted molar refractivity (Wildman–Crippen MR) is 348 cm³/mol. The summed E-state index contributed by atoms with van der Waals surface area (Å²) in [7, 11) is 1.16. The van der Waals surface area contributed by atoms with E-state index in [9.17, 15) is 19.0 Å². The van der Waals surface area contributed by atoms with E-state index < -0.39 is 26.6 Å². The van der Waals surface area contributed by atoms with Gasteiger partial charge in [-0.1, -0.05) is 267 Å². The van der Waals surface area contributed by atoms with E-state index in [1.807, 2.05) is 33.3 Å². The second-order valence-electron chi connectivity index (χ2n) is 24.0. The van der Waals surface area contributed by atoms with Gasteiger partial charge in [-0.2, -0.15) is 0 Å². The molecule has 1 N–H and O–H groups in total. The number of carbonyl (C=O) groups excluding carboxylic acids is 2. The van der Waals surface area contributed by atoms with Crippen molar-refractivity contribution in [2.45, 2.75) is 315 Å². The van der Waals surface area contributed by atoms with Crippen LogP contribution in [0.25, 0.3) is 0 Å². The lowest BCUT2D eigenvalue weighted by Gasteiger charge is -2.30. The van der Waals surface area contributed by atoms with Gasteiger partial charge < -0.3 is 28.5 Å². The molecular weight excluding hydrogens is 1020 g/mol. The molecule has 9 nitrogen and oxygen atoms in total. The van der Waals surface area contributed by atoms with Crippen LogP contribution in [-0.4, -0.2) is 69.4 Å². The van der Waals surface area contributed by atoms with Gasteiger partial charge in [0.2, 0.25) is 5.91 Å². The third-order valence-electron chi connectivity index (χ3n) is 14.8. The minimum atomic E-state index is -4.71. The average Bonchev–Trinajstić information content (AvgIpc) is 3.44. The van der Waals surface area contributed by atoms with E-state index in [0.717, 1.165) is 83.5 Å². The van der Waals surface area contributed by atoms with Gasteiger partial charge in [0.25, 0.3) is 7.82 Å². The second kappa shape index (κ2) is 60.3. The zero-order valence-electron chi connectivity index (χ0n) is 53.7. The van der Waals surface area contributed by atoms with Crippen LogP contribution in [0.5, 0.6) is 0 Å². The predicted octanol–water partition coefficient (Wildman–Crippen LogP) is 20.7. The van der Waals surface area contributed by atoms with Crippen LogP contribution < -0.4 is 10.2 Å². The quantitative estimate of drug-likeness (QED) is 0.0212. The van der Waals surface area contributed by atoms with E-state index in [0.29, 0.717) is 23.9 Å². The van der Waals surface area contributed by atoms with E-state index >= 15 is 0 Å². The lowest BCUT2D eigenvalue weighted by Crippen LogP contribution is -2.47. The smallest absolute Gasteiger partial charge is 0.306 e. The summed E-state index contributed by atoms with van der Waals surface area (Å²) in [5, 5.41) is 3.03. The summed E-state index contributed by atoms with van der Waals surface area (Å²) in [4.78, 5) is 40.1. The standard InChI is InChI=1S/C71H129N2O7P/c1-7-10-13-16-19-22-25-28-30-32-34-35-36-37-39-40-42-45-48-51-54-57-60-63-70(74)72-68(67-79-81(76,77)78-66-65-73(4,5)6)69(62-59-56-53-50-47-44-27-24-21-18-15-12-9-3)80-71(75)64-61-58-55-52-49-46-43-41-38-33-31-29-26-23-20-17-14-11-8-2/h19-20,22-23,28-31,38,41,46,49,59,62,68-69H,7-18,21,24-27,32-37,39-40,42-45,47-48,50-58,60-61,63-67H2,1-6H3,(H-,72,74,76,77)/b22-19-,23-20-,30-28-,31-29-,41-38-,49-46-,62-59-. The molecule has 1 amide bonds. The molecule has 0 fully saturated rings. The molecule has 81 heavy (non-hydrogen) atoms. The van der Waals surface area contributed by atoms with Crippen LogP contribution in [0.1, 0.15) is 303 Å². The van der Waals surface area contributed by atoms with E-state index in [2.05, 4.69) is 99.0 Å². The molecule has 0 saturated carbocycles. The van der Waals surface area contributed by atoms with Gasteiger partial charge in [-0.25, -0.2) is 0 Å². The van der Waals surface area contributed by atoms with Crippen molar-refractivity contribution >= 4 is 19.7 Å². The van der Waals surface area contributed by atoms with Crippen LogP contribution in [0.3, 0.4) is 0 Å². The maximum atomic E-state index is 13.6. The first-order chi connectivity index (χ1) is 39.4. The molecule has 0 aromatic heterocycles. The number of unbranched alkanes of at least 4 members (excludes halogenated alkanes) is 33. The zero-order valence-corrected chi connectivity index (χ0v) is 54.6. The first-order valence-corrected chi connectivity index (χ1v) is 35.4. The van der Waals surface area contributed by atoms with Gasteiger partial charge >= 0.3 is 5.97 Å². The van der Waals surface area contributed by atoms with Gasteiger partial charge in [0.1, 0.15) is 19.3 Å². The molecule has 470 valence electrons. The second-order valence-corrected chi connectivity index (χ2v) is 25.4. The summed E-state index contributed by atoms with van der Waals surface area (Å²) >= 11 is 0. The van der Waals surface area contributed by atoms with E-state index in [4.69, 9.17) is 13.8 Å². The Labute approximate surface area is 501 Å². The molecule has 0 aromatic rings. The number of phosphoric acid groups is 1. The van der Waals surface area contributed by atoms with Crippen molar-refractivity contribution in [2.75, 3.05) is 40.9 Å². The lowest BCUT2D eigenvalue weighted by molar-refractivity contribution is -0.870. The number of hydrogen-bond donors (Lipinski definition) is 1. The number of likely N-dealkylation sites (N-methyl/N-ethyl adjacent to an activating group) is 1. The first-order valence-electron chi connectivity index (χ1n) is 33.9. The highest BCUT2D eigenvalue weighted by molar-refractivity contribution is 7.45. The largest absolute Gasteiger partial charge is 0.756 e. The Morgan fingerprint density at radius 2 is 0.753 bits per heavy atom. The molecule has 0 aliphatic heterocycles. The third-order valence-corrected chi connectivity index (χ3v) is 15.8. The summed E-state index contributed by atoms with van der Waals surface area (Å²) in [6.07, 6.45) is 79.8. The fourth-order valence-corrected chi connectivity index (χ4v) is 10.3. The Morgan fingerprint density at radius 3 is 1.16 bits per heavy atom. The van der Waals surface area contributed by atoms with Gasteiger partial charge in [-0.05, 0) is 109 Å². The Hall–Kier alpha value is -2.81. The van der Waals surface area contributed by atoms with Crippen molar-refractivity contribution in [2.24, 2.45) is 0 Å². The number of allylic oxidation sites excluding steroid dienone is 13. The topological polar surface area (TPSA) is 114 Å². The van der Waals surface area contributed by atoms with Crippen molar-refractivity contribution in [3.8, 4) is 0 Å². The molecule has 3 atom stereocenters. The molecule has 0 aliphatic carbocycles. The van der Waals surface area contributed by atoms with Crippen molar-refractivity contribution in [3.05, 3.63) is 85.1 Å². The molecule has 0 aliphatic rings.